The predicted molar refractivity (Wildman–Crippen MR) is 106 cm³/mol. The molecule has 0 aliphatic rings. The first kappa shape index (κ1) is 20.7. The molecule has 0 spiro atoms. The van der Waals surface area contributed by atoms with Gasteiger partial charge in [-0.05, 0) is 32.0 Å². The number of benzene rings is 1. The number of carbonyl (C=O) groups is 2. The van der Waals surface area contributed by atoms with Crippen LogP contribution in [0.1, 0.15) is 23.0 Å². The third kappa shape index (κ3) is 4.35. The first-order valence-electron chi connectivity index (χ1n) is 8.97. The second-order valence-electron chi connectivity index (χ2n) is 6.30. The Hall–Kier alpha value is -4.02. The van der Waals surface area contributed by atoms with Crippen LogP contribution < -0.4 is 10.1 Å². The second-order valence-corrected chi connectivity index (χ2v) is 6.30. The van der Waals surface area contributed by atoms with E-state index >= 15 is 0 Å². The number of nitro groups is 1. The molecular formula is C19H19N5O6. The molecule has 1 amide bonds. The molecular weight excluding hydrogens is 394 g/mol. The van der Waals surface area contributed by atoms with Crippen molar-refractivity contribution < 1.29 is 24.0 Å². The van der Waals surface area contributed by atoms with Crippen molar-refractivity contribution in [2.24, 2.45) is 7.05 Å². The summed E-state index contributed by atoms with van der Waals surface area (Å²) in [7, 11) is 1.74. The summed E-state index contributed by atoms with van der Waals surface area (Å²) in [6, 6.07) is 5.64. The molecule has 11 heteroatoms. The Morgan fingerprint density at radius 1 is 1.30 bits per heavy atom. The van der Waals surface area contributed by atoms with Gasteiger partial charge in [0.1, 0.15) is 11.4 Å². The summed E-state index contributed by atoms with van der Waals surface area (Å²) >= 11 is 0. The quantitative estimate of drug-likeness (QED) is 0.354. The molecule has 3 aromatic rings. The number of aromatic nitrogens is 3. The molecule has 0 bridgehead atoms. The molecule has 0 atom stereocenters. The molecule has 2 heterocycles. The van der Waals surface area contributed by atoms with E-state index in [9.17, 15) is 19.7 Å². The lowest BCUT2D eigenvalue weighted by Crippen LogP contribution is -2.21. The van der Waals surface area contributed by atoms with Crippen LogP contribution >= 0.6 is 0 Å². The van der Waals surface area contributed by atoms with Crippen molar-refractivity contribution in [2.75, 3.05) is 18.5 Å². The number of carbonyl (C=O) groups excluding carboxylic acids is 2. The van der Waals surface area contributed by atoms with Crippen molar-refractivity contribution in [3.05, 3.63) is 51.8 Å². The molecule has 2 aromatic heterocycles. The van der Waals surface area contributed by atoms with E-state index in [2.05, 4.69) is 15.4 Å². The highest BCUT2D eigenvalue weighted by Gasteiger charge is 2.19. The Balaban J connectivity index is 1.66. The van der Waals surface area contributed by atoms with Crippen LogP contribution in [0.2, 0.25) is 0 Å². The highest BCUT2D eigenvalue weighted by molar-refractivity contribution is 5.98. The maximum atomic E-state index is 12.3. The van der Waals surface area contributed by atoms with E-state index in [0.29, 0.717) is 29.1 Å². The zero-order valence-electron chi connectivity index (χ0n) is 16.5. The number of nitrogens with one attached hydrogen (secondary N) is 1. The molecule has 1 aromatic carbocycles. The Bertz CT molecular complexity index is 1140. The number of pyridine rings is 1. The Morgan fingerprint density at radius 3 is 2.77 bits per heavy atom. The van der Waals surface area contributed by atoms with Crippen LogP contribution in [0.15, 0.2) is 30.5 Å². The van der Waals surface area contributed by atoms with Gasteiger partial charge in [0.2, 0.25) is 0 Å². The summed E-state index contributed by atoms with van der Waals surface area (Å²) in [5.74, 6) is -1.16. The van der Waals surface area contributed by atoms with Gasteiger partial charge in [-0.15, -0.1) is 0 Å². The molecule has 30 heavy (non-hydrogen) atoms. The van der Waals surface area contributed by atoms with Crippen molar-refractivity contribution in [2.45, 2.75) is 13.8 Å². The van der Waals surface area contributed by atoms with E-state index in [-0.39, 0.29) is 16.9 Å². The van der Waals surface area contributed by atoms with Crippen molar-refractivity contribution in [3.8, 4) is 5.75 Å². The molecule has 0 aliphatic carbocycles. The molecule has 3 rings (SSSR count). The minimum Gasteiger partial charge on any atom is -0.494 e. The van der Waals surface area contributed by atoms with E-state index in [4.69, 9.17) is 9.47 Å². The number of nitro benzene ring substituents is 1. The number of amides is 1. The number of aryl methyl sites for hydroxylation is 2. The maximum Gasteiger partial charge on any atom is 0.340 e. The Kier molecular flexibility index (Phi) is 5.90. The van der Waals surface area contributed by atoms with Gasteiger partial charge in [-0.1, -0.05) is 0 Å². The van der Waals surface area contributed by atoms with Crippen LogP contribution in [0, 0.1) is 17.0 Å². The van der Waals surface area contributed by atoms with E-state index in [0.717, 1.165) is 0 Å². The minimum absolute atomic E-state index is 0.0291. The van der Waals surface area contributed by atoms with E-state index in [1.54, 1.807) is 31.6 Å². The van der Waals surface area contributed by atoms with Gasteiger partial charge < -0.3 is 14.8 Å². The lowest BCUT2D eigenvalue weighted by molar-refractivity contribution is -0.384. The molecule has 1 N–H and O–H groups in total. The fourth-order valence-electron chi connectivity index (χ4n) is 2.84. The number of anilines is 1. The highest BCUT2D eigenvalue weighted by Crippen LogP contribution is 2.29. The number of ether oxygens (including phenoxy) is 2. The largest absolute Gasteiger partial charge is 0.494 e. The average molecular weight is 413 g/mol. The summed E-state index contributed by atoms with van der Waals surface area (Å²) < 4.78 is 11.8. The van der Waals surface area contributed by atoms with Crippen LogP contribution in [0.4, 0.5) is 11.4 Å². The minimum atomic E-state index is -0.746. The summed E-state index contributed by atoms with van der Waals surface area (Å²) in [6.45, 7) is 3.26. The lowest BCUT2D eigenvalue weighted by atomic mass is 10.2. The SMILES string of the molecule is CCOc1ccc(NC(=O)COC(=O)c2cnc3c(c2)c(C)nn3C)c([N+](=O)[O-])c1. The summed E-state index contributed by atoms with van der Waals surface area (Å²) in [4.78, 5) is 39.2. The van der Waals surface area contributed by atoms with Gasteiger partial charge in [0.05, 0.1) is 28.9 Å². The number of hydrogen-bond donors (Lipinski definition) is 1. The molecule has 0 saturated heterocycles. The summed E-state index contributed by atoms with van der Waals surface area (Å²) in [5.41, 5.74) is 1.12. The Labute approximate surface area is 170 Å². The van der Waals surface area contributed by atoms with Gasteiger partial charge in [-0.2, -0.15) is 5.10 Å². The third-order valence-corrected chi connectivity index (χ3v) is 4.18. The normalized spacial score (nSPS) is 10.6. The summed E-state index contributed by atoms with van der Waals surface area (Å²) in [5, 5.41) is 18.5. The number of rotatable bonds is 7. The van der Waals surface area contributed by atoms with Crippen LogP contribution in [0.3, 0.4) is 0 Å². The van der Waals surface area contributed by atoms with Crippen LogP contribution in [0.25, 0.3) is 11.0 Å². The molecule has 156 valence electrons. The number of hydrogen-bond acceptors (Lipinski definition) is 8. The Morgan fingerprint density at radius 2 is 2.07 bits per heavy atom. The first-order valence-corrected chi connectivity index (χ1v) is 8.97. The summed E-state index contributed by atoms with van der Waals surface area (Å²) in [6.07, 6.45) is 1.33. The fraction of sp³-hybridized carbons (Fsp3) is 0.263. The number of esters is 1. The van der Waals surface area contributed by atoms with Crippen molar-refractivity contribution in [3.63, 3.8) is 0 Å². The maximum absolute atomic E-state index is 12.3. The molecule has 11 nitrogen and oxygen atoms in total. The molecule has 0 aliphatic heterocycles. The van der Waals surface area contributed by atoms with E-state index in [1.807, 2.05) is 0 Å². The van der Waals surface area contributed by atoms with Gasteiger partial charge in [0.15, 0.2) is 12.3 Å². The van der Waals surface area contributed by atoms with Crippen molar-refractivity contribution in [1.82, 2.24) is 14.8 Å². The zero-order valence-corrected chi connectivity index (χ0v) is 16.5. The van der Waals surface area contributed by atoms with E-state index in [1.165, 1.54) is 24.4 Å². The van der Waals surface area contributed by atoms with E-state index < -0.39 is 23.4 Å². The molecule has 0 unspecified atom stereocenters. The average Bonchev–Trinajstić information content (AvgIpc) is 3.00. The van der Waals surface area contributed by atoms with Crippen LogP contribution in [0.5, 0.6) is 5.75 Å². The number of fused-ring (bicyclic) bond motifs is 1. The van der Waals surface area contributed by atoms with Crippen LogP contribution in [-0.4, -0.2) is 44.8 Å². The fourth-order valence-corrected chi connectivity index (χ4v) is 2.84. The standard InChI is InChI=1S/C19H19N5O6/c1-4-29-13-5-6-15(16(8-13)24(27)28)21-17(25)10-30-19(26)12-7-14-11(2)22-23(3)18(14)20-9-12/h5-9H,4,10H2,1-3H3,(H,21,25). The van der Waals surface area contributed by atoms with Crippen molar-refractivity contribution >= 4 is 34.3 Å². The zero-order chi connectivity index (χ0) is 21.8. The van der Waals surface area contributed by atoms with Crippen molar-refractivity contribution in [1.29, 1.82) is 0 Å². The second kappa shape index (κ2) is 8.55. The monoisotopic (exact) mass is 413 g/mol. The lowest BCUT2D eigenvalue weighted by Gasteiger charge is -2.09. The van der Waals surface area contributed by atoms with Gasteiger partial charge in [0.25, 0.3) is 11.6 Å². The van der Waals surface area contributed by atoms with Gasteiger partial charge in [-0.3, -0.25) is 19.6 Å². The van der Waals surface area contributed by atoms with Gasteiger partial charge >= 0.3 is 5.97 Å². The molecule has 0 fully saturated rings. The highest BCUT2D eigenvalue weighted by atomic mass is 16.6. The van der Waals surface area contributed by atoms with Gasteiger partial charge in [-0.25, -0.2) is 9.78 Å². The van der Waals surface area contributed by atoms with Gasteiger partial charge in [0, 0.05) is 18.6 Å². The molecule has 0 saturated carbocycles. The third-order valence-electron chi connectivity index (χ3n) is 4.18. The van der Waals surface area contributed by atoms with Crippen LogP contribution in [-0.2, 0) is 16.6 Å². The predicted octanol–water partition coefficient (Wildman–Crippen LogP) is 2.38. The topological polar surface area (TPSA) is 138 Å². The smallest absolute Gasteiger partial charge is 0.340 e. The molecule has 0 radical (unpaired) electrons. The number of nitrogens with zero attached hydrogens (tertiary/aromatic N) is 4. The first-order chi connectivity index (χ1) is 14.3.